The third-order valence-electron chi connectivity index (χ3n) is 8.04. The number of carbonyl (C=O) groups is 2. The van der Waals surface area contributed by atoms with Crippen LogP contribution in [-0.4, -0.2) is 62.0 Å². The maximum absolute atomic E-state index is 13.4. The fraction of sp³-hybridized carbons (Fsp3) is 0.533. The zero-order chi connectivity index (χ0) is 26.4. The number of piperidine rings is 1. The van der Waals surface area contributed by atoms with Gasteiger partial charge in [0.05, 0.1) is 25.7 Å². The topological polar surface area (TPSA) is 71.1 Å². The molecule has 0 saturated carbocycles. The second kappa shape index (κ2) is 13.3. The predicted octanol–water partition coefficient (Wildman–Crippen LogP) is 4.84. The molecule has 1 spiro atoms. The molecule has 0 bridgehead atoms. The number of methoxy groups -OCH3 is 2. The van der Waals surface area contributed by atoms with Crippen molar-refractivity contribution in [3.05, 3.63) is 59.7 Å². The van der Waals surface area contributed by atoms with E-state index in [0.717, 1.165) is 74.5 Å². The molecule has 2 aromatic carbocycles. The fourth-order valence-electron chi connectivity index (χ4n) is 5.47. The van der Waals surface area contributed by atoms with Crippen molar-refractivity contribution in [1.29, 1.82) is 0 Å². The minimum Gasteiger partial charge on any atom is -0.497 e. The first kappa shape index (κ1) is 29.8. The van der Waals surface area contributed by atoms with Gasteiger partial charge in [-0.25, -0.2) is 0 Å². The minimum atomic E-state index is -0.218. The third-order valence-corrected chi connectivity index (χ3v) is 8.04. The van der Waals surface area contributed by atoms with Crippen LogP contribution in [0.15, 0.2) is 48.5 Å². The number of benzene rings is 2. The molecule has 208 valence electrons. The highest BCUT2D eigenvalue weighted by molar-refractivity contribution is 5.85. The molecule has 8 heteroatoms. The second-order valence-electron chi connectivity index (χ2n) is 10.7. The first-order valence-electron chi connectivity index (χ1n) is 13.4. The van der Waals surface area contributed by atoms with Crippen LogP contribution in [0.4, 0.5) is 0 Å². The number of nitrogens with one attached hydrogen (secondary N) is 1. The van der Waals surface area contributed by atoms with Crippen molar-refractivity contribution in [2.24, 2.45) is 11.3 Å². The van der Waals surface area contributed by atoms with Crippen molar-refractivity contribution in [3.8, 4) is 11.5 Å². The molecule has 0 aliphatic carbocycles. The van der Waals surface area contributed by atoms with Crippen molar-refractivity contribution < 1.29 is 19.1 Å². The molecule has 2 aliphatic rings. The molecule has 2 amide bonds. The average Bonchev–Trinajstić information content (AvgIpc) is 3.22. The van der Waals surface area contributed by atoms with Crippen molar-refractivity contribution in [3.63, 3.8) is 0 Å². The summed E-state index contributed by atoms with van der Waals surface area (Å²) >= 11 is 0. The maximum atomic E-state index is 13.4. The van der Waals surface area contributed by atoms with E-state index < -0.39 is 0 Å². The van der Waals surface area contributed by atoms with E-state index in [-0.39, 0.29) is 35.7 Å². The van der Waals surface area contributed by atoms with Crippen LogP contribution >= 0.6 is 12.4 Å². The zero-order valence-corrected chi connectivity index (χ0v) is 23.9. The first-order chi connectivity index (χ1) is 17.8. The Bertz CT molecular complexity index is 1050. The van der Waals surface area contributed by atoms with E-state index in [4.69, 9.17) is 9.47 Å². The summed E-state index contributed by atoms with van der Waals surface area (Å²) in [6.07, 6.45) is 3.57. The molecule has 0 radical (unpaired) electrons. The van der Waals surface area contributed by atoms with Crippen LogP contribution in [0.25, 0.3) is 0 Å². The number of amides is 2. The van der Waals surface area contributed by atoms with Gasteiger partial charge >= 0.3 is 0 Å². The van der Waals surface area contributed by atoms with Crippen LogP contribution in [-0.2, 0) is 16.1 Å². The first-order valence-corrected chi connectivity index (χ1v) is 13.4. The Labute approximate surface area is 233 Å². The van der Waals surface area contributed by atoms with Gasteiger partial charge in [0.2, 0.25) is 11.8 Å². The van der Waals surface area contributed by atoms with Crippen LogP contribution in [0.2, 0.25) is 0 Å². The summed E-state index contributed by atoms with van der Waals surface area (Å²) in [7, 11) is 3.32. The number of hydrogen-bond acceptors (Lipinski definition) is 5. The lowest BCUT2D eigenvalue weighted by molar-refractivity contribution is -0.139. The van der Waals surface area contributed by atoms with Gasteiger partial charge in [-0.1, -0.05) is 38.1 Å². The van der Waals surface area contributed by atoms with Gasteiger partial charge in [-0.2, -0.15) is 0 Å². The van der Waals surface area contributed by atoms with Crippen molar-refractivity contribution >= 4 is 24.2 Å². The average molecular weight is 544 g/mol. The van der Waals surface area contributed by atoms with E-state index in [9.17, 15) is 9.59 Å². The molecule has 2 heterocycles. The molecular formula is C30H42ClN3O4. The van der Waals surface area contributed by atoms with Gasteiger partial charge in [-0.15, -0.1) is 12.4 Å². The van der Waals surface area contributed by atoms with Gasteiger partial charge in [0, 0.05) is 25.6 Å². The SMILES string of the molecule is COc1ccc(CN2CCC3(CCN(CCC(NC(=O)C(C)C)c4ccc(OC)cc4)CC3)C2=O)cc1.Cl. The summed E-state index contributed by atoms with van der Waals surface area (Å²) in [4.78, 5) is 30.4. The molecule has 2 aliphatic heterocycles. The van der Waals surface area contributed by atoms with Crippen molar-refractivity contribution in [1.82, 2.24) is 15.1 Å². The molecule has 1 atom stereocenters. The molecule has 2 saturated heterocycles. The van der Waals surface area contributed by atoms with E-state index in [1.54, 1.807) is 14.2 Å². The lowest BCUT2D eigenvalue weighted by atomic mass is 9.77. The Balaban J connectivity index is 0.00000400. The van der Waals surface area contributed by atoms with Gasteiger partial charge in [0.15, 0.2) is 0 Å². The van der Waals surface area contributed by atoms with Gasteiger partial charge in [-0.05, 0) is 74.2 Å². The summed E-state index contributed by atoms with van der Waals surface area (Å²) in [6.45, 7) is 8.03. The van der Waals surface area contributed by atoms with Gasteiger partial charge in [-0.3, -0.25) is 9.59 Å². The number of carbonyl (C=O) groups excluding carboxylic acids is 2. The van der Waals surface area contributed by atoms with Gasteiger partial charge in [0.25, 0.3) is 0 Å². The van der Waals surface area contributed by atoms with E-state index >= 15 is 0 Å². The van der Waals surface area contributed by atoms with Gasteiger partial charge < -0.3 is 24.6 Å². The fourth-order valence-corrected chi connectivity index (χ4v) is 5.47. The Hall–Kier alpha value is -2.77. The highest BCUT2D eigenvalue weighted by atomic mass is 35.5. The maximum Gasteiger partial charge on any atom is 0.229 e. The van der Waals surface area contributed by atoms with E-state index in [0.29, 0.717) is 12.5 Å². The Kier molecular flexibility index (Phi) is 10.5. The number of rotatable bonds is 10. The van der Waals surface area contributed by atoms with Crippen LogP contribution in [0.3, 0.4) is 0 Å². The van der Waals surface area contributed by atoms with Crippen LogP contribution in [0.5, 0.6) is 11.5 Å². The van der Waals surface area contributed by atoms with Crippen LogP contribution in [0.1, 0.15) is 56.7 Å². The Morgan fingerprint density at radius 1 is 0.921 bits per heavy atom. The molecular weight excluding hydrogens is 502 g/mol. The van der Waals surface area contributed by atoms with Gasteiger partial charge in [0.1, 0.15) is 11.5 Å². The normalized spacial score (nSPS) is 17.8. The summed E-state index contributed by atoms with van der Waals surface area (Å²) < 4.78 is 10.5. The number of ether oxygens (including phenoxy) is 2. The second-order valence-corrected chi connectivity index (χ2v) is 10.7. The van der Waals surface area contributed by atoms with Crippen molar-refractivity contribution in [2.45, 2.75) is 52.1 Å². The lowest BCUT2D eigenvalue weighted by Crippen LogP contribution is -2.45. The molecule has 1 unspecified atom stereocenters. The quantitative estimate of drug-likeness (QED) is 0.464. The Morgan fingerprint density at radius 2 is 1.47 bits per heavy atom. The molecule has 2 fully saturated rings. The zero-order valence-electron chi connectivity index (χ0n) is 23.1. The predicted molar refractivity (Wildman–Crippen MR) is 152 cm³/mol. The molecule has 0 aromatic heterocycles. The minimum absolute atomic E-state index is 0. The van der Waals surface area contributed by atoms with Crippen molar-refractivity contribution in [2.75, 3.05) is 40.4 Å². The third kappa shape index (κ3) is 7.00. The Morgan fingerprint density at radius 3 is 2.03 bits per heavy atom. The molecule has 4 rings (SSSR count). The standard InChI is InChI=1S/C30H41N3O4.ClH/c1-22(2)28(34)31-27(24-7-11-26(37-4)12-8-24)13-17-32-18-14-30(15-19-32)16-20-33(29(30)35)21-23-5-9-25(36-3)10-6-23;/h5-12,22,27H,13-21H2,1-4H3,(H,31,34);1H. The monoisotopic (exact) mass is 543 g/mol. The number of hydrogen-bond donors (Lipinski definition) is 1. The molecule has 2 aromatic rings. The van der Waals surface area contributed by atoms with E-state index in [1.165, 1.54) is 0 Å². The number of nitrogens with zero attached hydrogens (tertiary/aromatic N) is 2. The molecule has 38 heavy (non-hydrogen) atoms. The van der Waals surface area contributed by atoms with E-state index in [1.807, 2.05) is 67.3 Å². The highest BCUT2D eigenvalue weighted by Crippen LogP contribution is 2.42. The van der Waals surface area contributed by atoms with Crippen LogP contribution in [0, 0.1) is 11.3 Å². The summed E-state index contributed by atoms with van der Waals surface area (Å²) in [5.74, 6) is 1.94. The lowest BCUT2D eigenvalue weighted by Gasteiger charge is -2.38. The number of halogens is 1. The summed E-state index contributed by atoms with van der Waals surface area (Å²) in [6, 6.07) is 15.9. The van der Waals surface area contributed by atoms with E-state index in [2.05, 4.69) is 10.2 Å². The summed E-state index contributed by atoms with van der Waals surface area (Å²) in [5, 5.41) is 3.23. The largest absolute Gasteiger partial charge is 0.497 e. The summed E-state index contributed by atoms with van der Waals surface area (Å²) in [5.41, 5.74) is 2.00. The number of likely N-dealkylation sites (tertiary alicyclic amines) is 2. The molecule has 7 nitrogen and oxygen atoms in total. The smallest absolute Gasteiger partial charge is 0.229 e. The molecule has 1 N–H and O–H groups in total. The highest BCUT2D eigenvalue weighted by Gasteiger charge is 2.47. The van der Waals surface area contributed by atoms with Crippen LogP contribution < -0.4 is 14.8 Å².